The van der Waals surface area contributed by atoms with Crippen LogP contribution in [-0.4, -0.2) is 13.0 Å². The Labute approximate surface area is 157 Å². The number of rotatable bonds is 5. The smallest absolute Gasteiger partial charge is 0.251 e. The highest BCUT2D eigenvalue weighted by Gasteiger charge is 2.22. The van der Waals surface area contributed by atoms with Gasteiger partial charge in [-0.25, -0.2) is 0 Å². The van der Waals surface area contributed by atoms with E-state index in [2.05, 4.69) is 49.5 Å². The number of benzene rings is 2. The van der Waals surface area contributed by atoms with E-state index in [9.17, 15) is 4.79 Å². The predicted octanol–water partition coefficient (Wildman–Crippen LogP) is 5.64. The molecular formula is C24H29NO. The van der Waals surface area contributed by atoms with Gasteiger partial charge in [0.25, 0.3) is 5.91 Å². The van der Waals surface area contributed by atoms with Gasteiger partial charge in [-0.1, -0.05) is 61.0 Å². The molecule has 1 aliphatic rings. The molecule has 1 N–H and O–H groups in total. The average molecular weight is 348 g/mol. The average Bonchev–Trinajstić information content (AvgIpc) is 2.68. The summed E-state index contributed by atoms with van der Waals surface area (Å²) in [5.74, 6) is 1.29. The molecular weight excluding hydrogens is 318 g/mol. The summed E-state index contributed by atoms with van der Waals surface area (Å²) in [4.78, 5) is 12.5. The van der Waals surface area contributed by atoms with Crippen molar-refractivity contribution in [3.8, 4) is 11.1 Å². The number of amides is 1. The Hall–Kier alpha value is -2.35. The van der Waals surface area contributed by atoms with E-state index in [0.29, 0.717) is 11.8 Å². The first kappa shape index (κ1) is 18.4. The minimum absolute atomic E-state index is 0.00404. The first-order valence-corrected chi connectivity index (χ1v) is 9.64. The first-order valence-electron chi connectivity index (χ1n) is 9.64. The molecule has 2 nitrogen and oxygen atoms in total. The lowest BCUT2D eigenvalue weighted by atomic mass is 9.78. The zero-order valence-electron chi connectivity index (χ0n) is 16.1. The molecule has 3 rings (SSSR count). The van der Waals surface area contributed by atoms with E-state index in [1.165, 1.54) is 24.8 Å². The Balaban J connectivity index is 1.85. The molecule has 1 aliphatic carbocycles. The van der Waals surface area contributed by atoms with Crippen LogP contribution in [0.1, 0.15) is 49.0 Å². The maximum atomic E-state index is 12.5. The molecule has 2 aromatic carbocycles. The van der Waals surface area contributed by atoms with Crippen LogP contribution in [0.15, 0.2) is 60.2 Å². The lowest BCUT2D eigenvalue weighted by molar-refractivity contribution is 0.0962. The molecule has 0 saturated heterocycles. The summed E-state index contributed by atoms with van der Waals surface area (Å²) < 4.78 is 0. The SMILES string of the molecule is CNC(=O)c1cc(-c2ccccc2)ccc1CC(C)C1CC=C(C)CC1. The molecule has 0 radical (unpaired) electrons. The zero-order valence-corrected chi connectivity index (χ0v) is 16.1. The Kier molecular flexibility index (Phi) is 5.92. The second-order valence-corrected chi connectivity index (χ2v) is 7.58. The number of nitrogens with one attached hydrogen (secondary N) is 1. The number of allylic oxidation sites excluding steroid dienone is 2. The van der Waals surface area contributed by atoms with Crippen LogP contribution in [0.4, 0.5) is 0 Å². The van der Waals surface area contributed by atoms with Gasteiger partial charge in [0.05, 0.1) is 0 Å². The maximum absolute atomic E-state index is 12.5. The summed E-state index contributed by atoms with van der Waals surface area (Å²) in [7, 11) is 1.71. The summed E-state index contributed by atoms with van der Waals surface area (Å²) in [6.07, 6.45) is 6.99. The van der Waals surface area contributed by atoms with Gasteiger partial charge in [-0.3, -0.25) is 4.79 Å². The van der Waals surface area contributed by atoms with Gasteiger partial charge in [0.2, 0.25) is 0 Å². The lowest BCUT2D eigenvalue weighted by Gasteiger charge is -2.27. The monoisotopic (exact) mass is 347 g/mol. The van der Waals surface area contributed by atoms with Gasteiger partial charge in [-0.15, -0.1) is 0 Å². The van der Waals surface area contributed by atoms with Crippen LogP contribution in [0.2, 0.25) is 0 Å². The van der Waals surface area contributed by atoms with Gasteiger partial charge in [0.15, 0.2) is 0 Å². The third kappa shape index (κ3) is 4.24. The molecule has 0 aromatic heterocycles. The van der Waals surface area contributed by atoms with Gasteiger partial charge in [0, 0.05) is 12.6 Å². The summed E-state index contributed by atoms with van der Waals surface area (Å²) >= 11 is 0. The molecule has 0 saturated carbocycles. The molecule has 0 aliphatic heterocycles. The van der Waals surface area contributed by atoms with Gasteiger partial charge in [-0.2, -0.15) is 0 Å². The highest BCUT2D eigenvalue weighted by Crippen LogP contribution is 2.32. The summed E-state index contributed by atoms with van der Waals surface area (Å²) in [6, 6.07) is 16.6. The highest BCUT2D eigenvalue weighted by molar-refractivity contribution is 5.96. The molecule has 2 heteroatoms. The van der Waals surface area contributed by atoms with Crippen molar-refractivity contribution in [2.75, 3.05) is 7.05 Å². The van der Waals surface area contributed by atoms with Crippen LogP contribution < -0.4 is 5.32 Å². The maximum Gasteiger partial charge on any atom is 0.251 e. The van der Waals surface area contributed by atoms with E-state index in [4.69, 9.17) is 0 Å². The fourth-order valence-electron chi connectivity index (χ4n) is 3.93. The molecule has 0 bridgehead atoms. The van der Waals surface area contributed by atoms with E-state index < -0.39 is 0 Å². The van der Waals surface area contributed by atoms with E-state index in [1.807, 2.05) is 24.3 Å². The van der Waals surface area contributed by atoms with Crippen LogP contribution in [0.25, 0.3) is 11.1 Å². The number of carbonyl (C=O) groups is 1. The van der Waals surface area contributed by atoms with Crippen LogP contribution in [0, 0.1) is 11.8 Å². The van der Waals surface area contributed by atoms with Gasteiger partial charge in [0.1, 0.15) is 0 Å². The molecule has 0 fully saturated rings. The second kappa shape index (κ2) is 8.35. The minimum Gasteiger partial charge on any atom is -0.355 e. The van der Waals surface area contributed by atoms with Crippen molar-refractivity contribution in [2.45, 2.75) is 39.5 Å². The van der Waals surface area contributed by atoms with Crippen LogP contribution in [0.5, 0.6) is 0 Å². The second-order valence-electron chi connectivity index (χ2n) is 7.58. The topological polar surface area (TPSA) is 29.1 Å². The van der Waals surface area contributed by atoms with E-state index in [0.717, 1.165) is 28.7 Å². The number of carbonyl (C=O) groups excluding carboxylic acids is 1. The van der Waals surface area contributed by atoms with Crippen LogP contribution in [0.3, 0.4) is 0 Å². The molecule has 1 amide bonds. The first-order chi connectivity index (χ1) is 12.6. The van der Waals surface area contributed by atoms with Crippen molar-refractivity contribution in [2.24, 2.45) is 11.8 Å². The number of hydrogen-bond acceptors (Lipinski definition) is 1. The minimum atomic E-state index is 0.00404. The largest absolute Gasteiger partial charge is 0.355 e. The molecule has 2 unspecified atom stereocenters. The quantitative estimate of drug-likeness (QED) is 0.697. The number of hydrogen-bond donors (Lipinski definition) is 1. The zero-order chi connectivity index (χ0) is 18.5. The van der Waals surface area contributed by atoms with Crippen molar-refractivity contribution in [1.82, 2.24) is 5.32 Å². The summed E-state index contributed by atoms with van der Waals surface area (Å²) in [5, 5.41) is 2.81. The summed E-state index contributed by atoms with van der Waals surface area (Å²) in [5.41, 5.74) is 5.72. The van der Waals surface area contributed by atoms with Crippen LogP contribution in [-0.2, 0) is 6.42 Å². The van der Waals surface area contributed by atoms with Crippen molar-refractivity contribution in [1.29, 1.82) is 0 Å². The van der Waals surface area contributed by atoms with Crippen molar-refractivity contribution < 1.29 is 4.79 Å². The Morgan fingerprint density at radius 1 is 1.15 bits per heavy atom. The Morgan fingerprint density at radius 2 is 1.92 bits per heavy atom. The Morgan fingerprint density at radius 3 is 2.58 bits per heavy atom. The van der Waals surface area contributed by atoms with Gasteiger partial charge in [-0.05, 0) is 67.2 Å². The third-order valence-electron chi connectivity index (χ3n) is 5.71. The highest BCUT2D eigenvalue weighted by atomic mass is 16.1. The van der Waals surface area contributed by atoms with Crippen molar-refractivity contribution in [3.05, 3.63) is 71.3 Å². The normalized spacial score (nSPS) is 18.1. The predicted molar refractivity (Wildman–Crippen MR) is 109 cm³/mol. The lowest BCUT2D eigenvalue weighted by Crippen LogP contribution is -2.22. The molecule has 2 aromatic rings. The molecule has 26 heavy (non-hydrogen) atoms. The standard InChI is InChI=1S/C24H29NO/c1-17-9-11-19(12-10-17)18(2)15-22-14-13-21(16-23(22)24(26)25-3)20-7-5-4-6-8-20/h4-9,13-14,16,18-19H,10-12,15H2,1-3H3,(H,25,26). The van der Waals surface area contributed by atoms with Crippen LogP contribution >= 0.6 is 0 Å². The van der Waals surface area contributed by atoms with E-state index in [-0.39, 0.29) is 5.91 Å². The third-order valence-corrected chi connectivity index (χ3v) is 5.71. The van der Waals surface area contributed by atoms with Gasteiger partial charge < -0.3 is 5.32 Å². The molecule has 0 heterocycles. The molecule has 2 atom stereocenters. The fraction of sp³-hybridized carbons (Fsp3) is 0.375. The van der Waals surface area contributed by atoms with E-state index in [1.54, 1.807) is 7.05 Å². The van der Waals surface area contributed by atoms with Crippen molar-refractivity contribution in [3.63, 3.8) is 0 Å². The summed E-state index contributed by atoms with van der Waals surface area (Å²) in [6.45, 7) is 4.56. The molecule has 0 spiro atoms. The Bertz CT molecular complexity index is 791. The van der Waals surface area contributed by atoms with E-state index >= 15 is 0 Å². The fourth-order valence-corrected chi connectivity index (χ4v) is 3.93. The molecule has 136 valence electrons. The van der Waals surface area contributed by atoms with Gasteiger partial charge >= 0.3 is 0 Å². The van der Waals surface area contributed by atoms with Crippen molar-refractivity contribution >= 4 is 5.91 Å².